The van der Waals surface area contributed by atoms with E-state index in [1.807, 2.05) is 44.2 Å². The predicted octanol–water partition coefficient (Wildman–Crippen LogP) is 1.29. The zero-order valence-corrected chi connectivity index (χ0v) is 14.0. The third-order valence-corrected chi connectivity index (χ3v) is 4.19. The minimum atomic E-state index is -0.881. The van der Waals surface area contributed by atoms with Gasteiger partial charge in [0.2, 0.25) is 5.91 Å². The smallest absolute Gasteiger partial charge is 0.325 e. The number of nitrogens with one attached hydrogen (secondary N) is 2. The number of carbonyl (C=O) groups is 3. The maximum atomic E-state index is 12.4. The third-order valence-electron chi connectivity index (χ3n) is 4.19. The number of para-hydroxylation sites is 1. The molecule has 130 valence electrons. The molecule has 1 aliphatic heterocycles. The number of amides is 4. The van der Waals surface area contributed by atoms with Crippen LogP contribution in [0.4, 0.5) is 4.79 Å². The Hall–Kier alpha value is -2.57. The van der Waals surface area contributed by atoms with E-state index in [-0.39, 0.29) is 12.5 Å². The molecule has 0 saturated carbocycles. The molecule has 1 saturated heterocycles. The summed E-state index contributed by atoms with van der Waals surface area (Å²) in [6.45, 7) is 4.00. The molecule has 1 heterocycles. The fourth-order valence-electron chi connectivity index (χ4n) is 2.62. The van der Waals surface area contributed by atoms with E-state index in [2.05, 4.69) is 10.6 Å². The zero-order chi connectivity index (χ0) is 17.6. The van der Waals surface area contributed by atoms with E-state index in [1.54, 1.807) is 0 Å². The molecule has 24 heavy (non-hydrogen) atoms. The molecule has 7 heteroatoms. The van der Waals surface area contributed by atoms with Crippen LogP contribution in [0.1, 0.15) is 26.7 Å². The predicted molar refractivity (Wildman–Crippen MR) is 88.5 cm³/mol. The monoisotopic (exact) mass is 333 g/mol. The van der Waals surface area contributed by atoms with Crippen LogP contribution in [-0.4, -0.2) is 48.0 Å². The second kappa shape index (κ2) is 7.81. The van der Waals surface area contributed by atoms with Gasteiger partial charge in [0, 0.05) is 0 Å². The number of carbonyl (C=O) groups excluding carboxylic acids is 3. The Morgan fingerprint density at radius 3 is 2.46 bits per heavy atom. The lowest BCUT2D eigenvalue weighted by Gasteiger charge is -2.23. The Kier molecular flexibility index (Phi) is 5.78. The molecule has 4 amide bonds. The molecule has 0 spiro atoms. The van der Waals surface area contributed by atoms with Crippen molar-refractivity contribution in [2.24, 2.45) is 0 Å². The molecule has 0 aliphatic carbocycles. The van der Waals surface area contributed by atoms with Crippen molar-refractivity contribution in [3.05, 3.63) is 30.3 Å². The number of imide groups is 1. The molecule has 0 aromatic heterocycles. The maximum Gasteiger partial charge on any atom is 0.325 e. The summed E-state index contributed by atoms with van der Waals surface area (Å²) >= 11 is 0. The number of urea groups is 1. The zero-order valence-electron chi connectivity index (χ0n) is 14.0. The minimum absolute atomic E-state index is 0.280. The van der Waals surface area contributed by atoms with E-state index in [0.29, 0.717) is 26.0 Å². The summed E-state index contributed by atoms with van der Waals surface area (Å²) in [6.07, 6.45) is 0.994. The lowest BCUT2D eigenvalue weighted by atomic mass is 9.93. The second-order valence-corrected chi connectivity index (χ2v) is 5.62. The van der Waals surface area contributed by atoms with Crippen molar-refractivity contribution in [2.75, 3.05) is 19.7 Å². The van der Waals surface area contributed by atoms with Crippen LogP contribution in [0.25, 0.3) is 0 Å². The van der Waals surface area contributed by atoms with Gasteiger partial charge in [-0.05, 0) is 25.0 Å². The van der Waals surface area contributed by atoms with Crippen LogP contribution in [0.2, 0.25) is 0 Å². The Labute approximate surface area is 141 Å². The van der Waals surface area contributed by atoms with E-state index < -0.39 is 17.5 Å². The number of ether oxygens (including phenoxy) is 1. The van der Waals surface area contributed by atoms with Crippen LogP contribution in [0, 0.1) is 0 Å². The van der Waals surface area contributed by atoms with Crippen LogP contribution in [0.15, 0.2) is 30.3 Å². The molecule has 1 aliphatic rings. The summed E-state index contributed by atoms with van der Waals surface area (Å²) < 4.78 is 5.46. The van der Waals surface area contributed by atoms with E-state index >= 15 is 0 Å². The standard InChI is InChI=1S/C17H23N3O4/c1-3-17(4-2)15(22)20(16(23)19-17)12-14(21)18-10-11-24-13-8-6-5-7-9-13/h5-9H,3-4,10-12H2,1-2H3,(H,18,21)(H,19,23). The highest BCUT2D eigenvalue weighted by Gasteiger charge is 2.49. The Morgan fingerprint density at radius 1 is 1.21 bits per heavy atom. The first-order valence-electron chi connectivity index (χ1n) is 8.11. The van der Waals surface area contributed by atoms with Crippen molar-refractivity contribution in [1.82, 2.24) is 15.5 Å². The Morgan fingerprint density at radius 2 is 1.88 bits per heavy atom. The van der Waals surface area contributed by atoms with E-state index in [4.69, 9.17) is 4.74 Å². The molecule has 0 radical (unpaired) electrons. The van der Waals surface area contributed by atoms with Gasteiger partial charge >= 0.3 is 6.03 Å². The van der Waals surface area contributed by atoms with Gasteiger partial charge < -0.3 is 15.4 Å². The average Bonchev–Trinajstić information content (AvgIpc) is 2.84. The first kappa shape index (κ1) is 17.8. The molecule has 1 aromatic rings. The van der Waals surface area contributed by atoms with Gasteiger partial charge in [0.15, 0.2) is 0 Å². The van der Waals surface area contributed by atoms with Gasteiger partial charge in [-0.15, -0.1) is 0 Å². The highest BCUT2D eigenvalue weighted by atomic mass is 16.5. The van der Waals surface area contributed by atoms with Crippen LogP contribution in [-0.2, 0) is 9.59 Å². The van der Waals surface area contributed by atoms with Gasteiger partial charge in [0.25, 0.3) is 5.91 Å². The van der Waals surface area contributed by atoms with Crippen molar-refractivity contribution < 1.29 is 19.1 Å². The number of hydrogen-bond acceptors (Lipinski definition) is 4. The number of benzene rings is 1. The van der Waals surface area contributed by atoms with E-state index in [0.717, 1.165) is 10.6 Å². The lowest BCUT2D eigenvalue weighted by molar-refractivity contribution is -0.135. The number of rotatable bonds is 8. The van der Waals surface area contributed by atoms with Gasteiger partial charge in [-0.3, -0.25) is 14.5 Å². The van der Waals surface area contributed by atoms with E-state index in [1.165, 1.54) is 0 Å². The van der Waals surface area contributed by atoms with Crippen LogP contribution in [0.5, 0.6) is 5.75 Å². The molecule has 1 aromatic carbocycles. The molecular formula is C17H23N3O4. The van der Waals surface area contributed by atoms with Crippen LogP contribution >= 0.6 is 0 Å². The van der Waals surface area contributed by atoms with Crippen molar-refractivity contribution in [2.45, 2.75) is 32.2 Å². The first-order valence-corrected chi connectivity index (χ1v) is 8.11. The van der Waals surface area contributed by atoms with Crippen LogP contribution in [0.3, 0.4) is 0 Å². The number of nitrogens with zero attached hydrogens (tertiary/aromatic N) is 1. The van der Waals surface area contributed by atoms with Gasteiger partial charge in [-0.1, -0.05) is 32.0 Å². The fourth-order valence-corrected chi connectivity index (χ4v) is 2.62. The summed E-state index contributed by atoms with van der Waals surface area (Å²) in [5.41, 5.74) is -0.881. The molecule has 1 fully saturated rings. The van der Waals surface area contributed by atoms with Gasteiger partial charge in [-0.25, -0.2) is 4.79 Å². The van der Waals surface area contributed by atoms with Crippen molar-refractivity contribution in [1.29, 1.82) is 0 Å². The third kappa shape index (κ3) is 3.84. The molecule has 0 atom stereocenters. The number of hydrogen-bond donors (Lipinski definition) is 2. The van der Waals surface area contributed by atoms with Crippen molar-refractivity contribution >= 4 is 17.8 Å². The Balaban J connectivity index is 1.78. The molecule has 0 unspecified atom stereocenters. The van der Waals surface area contributed by atoms with Gasteiger partial charge in [-0.2, -0.15) is 0 Å². The van der Waals surface area contributed by atoms with Gasteiger partial charge in [0.05, 0.1) is 6.54 Å². The molecule has 2 rings (SSSR count). The SMILES string of the molecule is CCC1(CC)NC(=O)N(CC(=O)NCCOc2ccccc2)C1=O. The normalized spacial score (nSPS) is 16.0. The average molecular weight is 333 g/mol. The molecular weight excluding hydrogens is 310 g/mol. The summed E-state index contributed by atoms with van der Waals surface area (Å²) in [6, 6.07) is 8.74. The topological polar surface area (TPSA) is 87.7 Å². The Bertz CT molecular complexity index is 599. The molecule has 7 nitrogen and oxygen atoms in total. The summed E-state index contributed by atoms with van der Waals surface area (Å²) in [4.78, 5) is 37.3. The maximum absolute atomic E-state index is 12.4. The first-order chi connectivity index (χ1) is 11.5. The van der Waals surface area contributed by atoms with Crippen molar-refractivity contribution in [3.8, 4) is 5.75 Å². The van der Waals surface area contributed by atoms with Crippen LogP contribution < -0.4 is 15.4 Å². The highest BCUT2D eigenvalue weighted by Crippen LogP contribution is 2.24. The quantitative estimate of drug-likeness (QED) is 0.554. The largest absolute Gasteiger partial charge is 0.492 e. The molecule has 2 N–H and O–H groups in total. The van der Waals surface area contributed by atoms with Crippen molar-refractivity contribution in [3.63, 3.8) is 0 Å². The fraction of sp³-hybridized carbons (Fsp3) is 0.471. The van der Waals surface area contributed by atoms with E-state index in [9.17, 15) is 14.4 Å². The minimum Gasteiger partial charge on any atom is -0.492 e. The van der Waals surface area contributed by atoms with Gasteiger partial charge in [0.1, 0.15) is 24.4 Å². The second-order valence-electron chi connectivity index (χ2n) is 5.62. The summed E-state index contributed by atoms with van der Waals surface area (Å²) in [5.74, 6) is -0.0112. The summed E-state index contributed by atoms with van der Waals surface area (Å²) in [5, 5.41) is 5.34. The lowest BCUT2D eigenvalue weighted by Crippen LogP contribution is -2.46. The molecule has 0 bridgehead atoms. The summed E-state index contributed by atoms with van der Waals surface area (Å²) in [7, 11) is 0. The highest BCUT2D eigenvalue weighted by molar-refractivity contribution is 6.08.